The highest BCUT2D eigenvalue weighted by Crippen LogP contribution is 2.14. The first kappa shape index (κ1) is 9.78. The van der Waals surface area contributed by atoms with E-state index < -0.39 is 0 Å². The fourth-order valence-electron chi connectivity index (χ4n) is 1.05. The number of hydrogen-bond donors (Lipinski definition) is 2. The van der Waals surface area contributed by atoms with Crippen molar-refractivity contribution in [2.75, 3.05) is 5.32 Å². The molecule has 1 atom stereocenters. The normalized spacial score (nSPS) is 12.4. The average molecular weight is 226 g/mol. The molecule has 0 aliphatic heterocycles. The number of hydrogen-bond acceptors (Lipinski definition) is 6. The Kier molecular flexibility index (Phi) is 2.72. The molecule has 0 aliphatic carbocycles. The Labute approximate surface area is 90.3 Å². The third-order valence-electron chi connectivity index (χ3n) is 1.75. The molecule has 2 N–H and O–H groups in total. The number of anilines is 1. The Morgan fingerprint density at radius 1 is 1.47 bits per heavy atom. The molecule has 0 spiro atoms. The van der Waals surface area contributed by atoms with Crippen molar-refractivity contribution in [2.45, 2.75) is 13.0 Å². The minimum atomic E-state index is -0.102. The van der Waals surface area contributed by atoms with Gasteiger partial charge in [0.05, 0.1) is 6.04 Å². The van der Waals surface area contributed by atoms with Gasteiger partial charge in [0, 0.05) is 6.07 Å². The Hall–Kier alpha value is -1.76. The molecule has 2 heterocycles. The molecule has 78 valence electrons. The second-order valence-electron chi connectivity index (χ2n) is 2.86. The molecule has 0 aliphatic rings. The number of halogens is 1. The average Bonchev–Trinajstić information content (AvgIpc) is 2.70. The molecular formula is C7H8ClN7. The van der Waals surface area contributed by atoms with Crippen molar-refractivity contribution < 1.29 is 0 Å². The van der Waals surface area contributed by atoms with Crippen LogP contribution in [0.15, 0.2) is 12.4 Å². The van der Waals surface area contributed by atoms with Gasteiger partial charge in [-0.25, -0.2) is 9.97 Å². The van der Waals surface area contributed by atoms with Gasteiger partial charge in [-0.15, -0.1) is 10.2 Å². The largest absolute Gasteiger partial charge is 0.360 e. The van der Waals surface area contributed by atoms with Crippen LogP contribution in [0.3, 0.4) is 0 Å². The summed E-state index contributed by atoms with van der Waals surface area (Å²) in [4.78, 5) is 7.77. The fourth-order valence-corrected chi connectivity index (χ4v) is 1.20. The van der Waals surface area contributed by atoms with Crippen LogP contribution in [0.1, 0.15) is 18.8 Å². The highest BCUT2D eigenvalue weighted by atomic mass is 35.5. The van der Waals surface area contributed by atoms with E-state index in [-0.39, 0.29) is 6.04 Å². The summed E-state index contributed by atoms with van der Waals surface area (Å²) in [6.07, 6.45) is 1.38. The van der Waals surface area contributed by atoms with Gasteiger partial charge in [0.1, 0.15) is 17.3 Å². The predicted octanol–water partition coefficient (Wildman–Crippen LogP) is 0.816. The van der Waals surface area contributed by atoms with Crippen LogP contribution in [0.4, 0.5) is 5.82 Å². The Bertz CT molecular complexity index is 429. The number of nitrogens with one attached hydrogen (secondary N) is 2. The van der Waals surface area contributed by atoms with Crippen LogP contribution in [-0.2, 0) is 0 Å². The molecule has 1 unspecified atom stereocenters. The van der Waals surface area contributed by atoms with Crippen molar-refractivity contribution in [1.29, 1.82) is 0 Å². The summed E-state index contributed by atoms with van der Waals surface area (Å²) >= 11 is 5.71. The third kappa shape index (κ3) is 2.38. The zero-order valence-corrected chi connectivity index (χ0v) is 8.60. The molecule has 15 heavy (non-hydrogen) atoms. The first-order valence-corrected chi connectivity index (χ1v) is 4.61. The van der Waals surface area contributed by atoms with Crippen LogP contribution in [0, 0.1) is 0 Å². The Balaban J connectivity index is 2.09. The van der Waals surface area contributed by atoms with Crippen molar-refractivity contribution in [3.63, 3.8) is 0 Å². The van der Waals surface area contributed by atoms with Crippen LogP contribution in [0.5, 0.6) is 0 Å². The van der Waals surface area contributed by atoms with Gasteiger partial charge < -0.3 is 5.32 Å². The molecule has 0 amide bonds. The van der Waals surface area contributed by atoms with Crippen LogP contribution in [-0.4, -0.2) is 30.6 Å². The summed E-state index contributed by atoms with van der Waals surface area (Å²) in [6, 6.07) is 1.52. The maximum Gasteiger partial charge on any atom is 0.196 e. The second kappa shape index (κ2) is 4.18. The fraction of sp³-hybridized carbons (Fsp3) is 0.286. The van der Waals surface area contributed by atoms with E-state index in [1.807, 2.05) is 6.92 Å². The summed E-state index contributed by atoms with van der Waals surface area (Å²) in [7, 11) is 0. The number of nitrogens with zero attached hydrogens (tertiary/aromatic N) is 5. The van der Waals surface area contributed by atoms with Crippen LogP contribution in [0.25, 0.3) is 0 Å². The van der Waals surface area contributed by atoms with E-state index in [9.17, 15) is 0 Å². The molecule has 7 nitrogen and oxygen atoms in total. The Morgan fingerprint density at radius 2 is 2.33 bits per heavy atom. The topological polar surface area (TPSA) is 92.3 Å². The van der Waals surface area contributed by atoms with E-state index >= 15 is 0 Å². The molecule has 0 saturated heterocycles. The molecule has 2 aromatic heterocycles. The molecule has 0 aromatic carbocycles. The second-order valence-corrected chi connectivity index (χ2v) is 3.25. The van der Waals surface area contributed by atoms with Crippen molar-refractivity contribution in [3.8, 4) is 0 Å². The Morgan fingerprint density at radius 3 is 3.00 bits per heavy atom. The van der Waals surface area contributed by atoms with E-state index in [1.54, 1.807) is 6.07 Å². The lowest BCUT2D eigenvalue weighted by atomic mass is 10.3. The lowest BCUT2D eigenvalue weighted by Gasteiger charge is -2.09. The highest BCUT2D eigenvalue weighted by Gasteiger charge is 2.10. The van der Waals surface area contributed by atoms with Gasteiger partial charge in [-0.1, -0.05) is 16.8 Å². The molecule has 0 saturated carbocycles. The van der Waals surface area contributed by atoms with E-state index in [4.69, 9.17) is 11.6 Å². The first-order chi connectivity index (χ1) is 7.25. The molecule has 2 rings (SSSR count). The summed E-state index contributed by atoms with van der Waals surface area (Å²) in [5.74, 6) is 1.18. The number of tetrazole rings is 1. The number of aromatic nitrogens is 6. The highest BCUT2D eigenvalue weighted by molar-refractivity contribution is 6.29. The van der Waals surface area contributed by atoms with Gasteiger partial charge in [-0.2, -0.15) is 5.21 Å². The van der Waals surface area contributed by atoms with E-state index in [2.05, 4.69) is 35.9 Å². The van der Waals surface area contributed by atoms with Crippen molar-refractivity contribution >= 4 is 17.4 Å². The molecule has 0 fully saturated rings. The molecular weight excluding hydrogens is 218 g/mol. The van der Waals surface area contributed by atoms with Gasteiger partial charge in [0.15, 0.2) is 5.82 Å². The number of H-pyrrole nitrogens is 1. The van der Waals surface area contributed by atoms with Crippen LogP contribution >= 0.6 is 11.6 Å². The van der Waals surface area contributed by atoms with Crippen molar-refractivity contribution in [3.05, 3.63) is 23.4 Å². The summed E-state index contributed by atoms with van der Waals surface area (Å²) < 4.78 is 0. The molecule has 2 aromatic rings. The van der Waals surface area contributed by atoms with Gasteiger partial charge in [0.2, 0.25) is 0 Å². The lowest BCUT2D eigenvalue weighted by Crippen LogP contribution is -2.09. The number of aromatic amines is 1. The summed E-state index contributed by atoms with van der Waals surface area (Å²) in [5, 5.41) is 17.0. The van der Waals surface area contributed by atoms with Gasteiger partial charge in [-0.05, 0) is 6.92 Å². The monoisotopic (exact) mass is 225 g/mol. The van der Waals surface area contributed by atoms with Gasteiger partial charge >= 0.3 is 0 Å². The molecule has 0 bridgehead atoms. The zero-order chi connectivity index (χ0) is 10.7. The third-order valence-corrected chi connectivity index (χ3v) is 1.95. The lowest BCUT2D eigenvalue weighted by molar-refractivity contribution is 0.787. The van der Waals surface area contributed by atoms with Crippen molar-refractivity contribution in [1.82, 2.24) is 30.6 Å². The van der Waals surface area contributed by atoms with E-state index in [0.29, 0.717) is 16.8 Å². The molecule has 8 heteroatoms. The maximum atomic E-state index is 5.71. The minimum absolute atomic E-state index is 0.102. The minimum Gasteiger partial charge on any atom is -0.360 e. The van der Waals surface area contributed by atoms with Crippen LogP contribution < -0.4 is 5.32 Å². The summed E-state index contributed by atoms with van der Waals surface area (Å²) in [6.45, 7) is 1.89. The van der Waals surface area contributed by atoms with Gasteiger partial charge in [0.25, 0.3) is 0 Å². The van der Waals surface area contributed by atoms with E-state index in [0.717, 1.165) is 0 Å². The zero-order valence-electron chi connectivity index (χ0n) is 7.85. The predicted molar refractivity (Wildman–Crippen MR) is 53.3 cm³/mol. The standard InChI is InChI=1S/C7H8ClN7/c1-4(7-12-14-15-13-7)11-6-2-5(8)9-3-10-6/h2-4H,1H3,(H,9,10,11)(H,12,13,14,15). The van der Waals surface area contributed by atoms with Gasteiger partial charge in [-0.3, -0.25) is 0 Å². The van der Waals surface area contributed by atoms with E-state index in [1.165, 1.54) is 6.33 Å². The van der Waals surface area contributed by atoms with Crippen LogP contribution in [0.2, 0.25) is 5.15 Å². The quantitative estimate of drug-likeness (QED) is 0.752. The molecule has 0 radical (unpaired) electrons. The smallest absolute Gasteiger partial charge is 0.196 e. The SMILES string of the molecule is CC(Nc1cc(Cl)ncn1)c1nn[nH]n1. The maximum absolute atomic E-state index is 5.71. The van der Waals surface area contributed by atoms with Crippen molar-refractivity contribution in [2.24, 2.45) is 0 Å². The first-order valence-electron chi connectivity index (χ1n) is 4.23. The summed E-state index contributed by atoms with van der Waals surface area (Å²) in [5.41, 5.74) is 0. The number of rotatable bonds is 3.